The van der Waals surface area contributed by atoms with Crippen molar-refractivity contribution in [2.75, 3.05) is 13.7 Å². The van der Waals surface area contributed by atoms with E-state index >= 15 is 0 Å². The van der Waals surface area contributed by atoms with Gasteiger partial charge in [-0.2, -0.15) is 0 Å². The summed E-state index contributed by atoms with van der Waals surface area (Å²) in [5.41, 5.74) is 1.22. The Kier molecular flexibility index (Phi) is 5.09. The van der Waals surface area contributed by atoms with E-state index in [-0.39, 0.29) is 0 Å². The number of halogens is 2. The molecular weight excluding hydrogens is 295 g/mol. The van der Waals surface area contributed by atoms with Crippen LogP contribution in [0.4, 0.5) is 0 Å². The van der Waals surface area contributed by atoms with E-state index in [0.29, 0.717) is 28.3 Å². The van der Waals surface area contributed by atoms with Crippen molar-refractivity contribution in [2.45, 2.75) is 12.3 Å². The molecule has 88 valence electrons. The number of ether oxygens (including phenoxy) is 2. The molecule has 0 radical (unpaired) electrons. The van der Waals surface area contributed by atoms with E-state index in [1.54, 1.807) is 26.2 Å². The van der Waals surface area contributed by atoms with Crippen molar-refractivity contribution in [3.05, 3.63) is 28.3 Å². The van der Waals surface area contributed by atoms with Crippen molar-refractivity contribution < 1.29 is 14.3 Å². The largest absolute Gasteiger partial charge is 0.496 e. The lowest BCUT2D eigenvalue weighted by atomic mass is 10.1. The van der Waals surface area contributed by atoms with Gasteiger partial charge in [0.05, 0.1) is 24.3 Å². The van der Waals surface area contributed by atoms with Crippen LogP contribution in [0.1, 0.15) is 22.8 Å². The molecular formula is C11H12BrClO3. The molecule has 0 spiro atoms. The van der Waals surface area contributed by atoms with Gasteiger partial charge in [-0.3, -0.25) is 0 Å². The van der Waals surface area contributed by atoms with Crippen molar-refractivity contribution in [1.29, 1.82) is 0 Å². The van der Waals surface area contributed by atoms with Gasteiger partial charge < -0.3 is 9.47 Å². The molecule has 0 saturated heterocycles. The van der Waals surface area contributed by atoms with Gasteiger partial charge in [0.25, 0.3) is 0 Å². The third-order valence-corrected chi connectivity index (χ3v) is 2.93. The molecule has 0 aliphatic carbocycles. The number of rotatable bonds is 4. The average molecular weight is 308 g/mol. The maximum absolute atomic E-state index is 11.6. The molecule has 0 aliphatic heterocycles. The number of hydrogen-bond donors (Lipinski definition) is 0. The smallest absolute Gasteiger partial charge is 0.339 e. The Balaban J connectivity index is 3.15. The molecule has 0 N–H and O–H groups in total. The number of alkyl halides is 1. The fourth-order valence-corrected chi connectivity index (χ4v) is 1.93. The van der Waals surface area contributed by atoms with Crippen LogP contribution < -0.4 is 4.74 Å². The molecule has 0 heterocycles. The zero-order valence-electron chi connectivity index (χ0n) is 9.05. The van der Waals surface area contributed by atoms with Gasteiger partial charge in [0.15, 0.2) is 0 Å². The standard InChI is InChI=1S/C11H12BrClO3/c1-3-16-11(14)8-4-7(6-12)10(15-2)5-9(8)13/h4-5H,3,6H2,1-2H3. The second-order valence-electron chi connectivity index (χ2n) is 3.00. The van der Waals surface area contributed by atoms with E-state index < -0.39 is 5.97 Å². The molecule has 0 fully saturated rings. The van der Waals surface area contributed by atoms with E-state index in [0.717, 1.165) is 5.56 Å². The second-order valence-corrected chi connectivity index (χ2v) is 3.97. The maximum atomic E-state index is 11.6. The summed E-state index contributed by atoms with van der Waals surface area (Å²) in [6.07, 6.45) is 0. The zero-order chi connectivity index (χ0) is 12.1. The molecule has 1 aromatic rings. The van der Waals surface area contributed by atoms with Gasteiger partial charge in [-0.25, -0.2) is 4.79 Å². The lowest BCUT2D eigenvalue weighted by molar-refractivity contribution is 0.0526. The molecule has 5 heteroatoms. The van der Waals surface area contributed by atoms with E-state index in [4.69, 9.17) is 21.1 Å². The van der Waals surface area contributed by atoms with Gasteiger partial charge >= 0.3 is 5.97 Å². The molecule has 0 unspecified atom stereocenters. The maximum Gasteiger partial charge on any atom is 0.339 e. The highest BCUT2D eigenvalue weighted by Crippen LogP contribution is 2.29. The van der Waals surface area contributed by atoms with Crippen molar-refractivity contribution in [3.63, 3.8) is 0 Å². The summed E-state index contributed by atoms with van der Waals surface area (Å²) in [6.45, 7) is 2.07. The number of carbonyl (C=O) groups is 1. The fraction of sp³-hybridized carbons (Fsp3) is 0.364. The van der Waals surface area contributed by atoms with E-state index in [1.807, 2.05) is 0 Å². The molecule has 1 aromatic carbocycles. The minimum Gasteiger partial charge on any atom is -0.496 e. The summed E-state index contributed by atoms with van der Waals surface area (Å²) >= 11 is 9.29. The Morgan fingerprint density at radius 3 is 2.69 bits per heavy atom. The highest BCUT2D eigenvalue weighted by Gasteiger charge is 2.15. The molecule has 16 heavy (non-hydrogen) atoms. The molecule has 0 bridgehead atoms. The quantitative estimate of drug-likeness (QED) is 0.631. The topological polar surface area (TPSA) is 35.5 Å². The van der Waals surface area contributed by atoms with Gasteiger partial charge in [0, 0.05) is 10.9 Å². The summed E-state index contributed by atoms with van der Waals surface area (Å²) < 4.78 is 10.0. The monoisotopic (exact) mass is 306 g/mol. The number of esters is 1. The first-order valence-corrected chi connectivity index (χ1v) is 6.23. The van der Waals surface area contributed by atoms with Crippen LogP contribution in [0.15, 0.2) is 12.1 Å². The first kappa shape index (κ1) is 13.3. The number of benzene rings is 1. The first-order chi connectivity index (χ1) is 7.63. The lowest BCUT2D eigenvalue weighted by Gasteiger charge is -2.10. The van der Waals surface area contributed by atoms with Crippen molar-refractivity contribution >= 4 is 33.5 Å². The Morgan fingerprint density at radius 2 is 2.19 bits per heavy atom. The van der Waals surface area contributed by atoms with E-state index in [1.165, 1.54) is 0 Å². The van der Waals surface area contributed by atoms with Gasteiger partial charge in [-0.15, -0.1) is 0 Å². The second kappa shape index (κ2) is 6.11. The van der Waals surface area contributed by atoms with Crippen molar-refractivity contribution in [2.24, 2.45) is 0 Å². The third-order valence-electron chi connectivity index (χ3n) is 2.01. The first-order valence-electron chi connectivity index (χ1n) is 4.73. The van der Waals surface area contributed by atoms with Gasteiger partial charge in [-0.1, -0.05) is 27.5 Å². The number of carbonyl (C=O) groups excluding carboxylic acids is 1. The Labute approximate surface area is 108 Å². The molecule has 0 saturated carbocycles. The third kappa shape index (κ3) is 2.89. The summed E-state index contributed by atoms with van der Waals surface area (Å²) in [5.74, 6) is 0.229. The summed E-state index contributed by atoms with van der Waals surface area (Å²) in [4.78, 5) is 11.6. The number of methoxy groups -OCH3 is 1. The van der Waals surface area contributed by atoms with E-state index in [9.17, 15) is 4.79 Å². The SMILES string of the molecule is CCOC(=O)c1cc(CBr)c(OC)cc1Cl. The molecule has 0 aromatic heterocycles. The predicted octanol–water partition coefficient (Wildman–Crippen LogP) is 3.42. The summed E-state index contributed by atoms with van der Waals surface area (Å²) in [5, 5.41) is 0.916. The molecule has 0 amide bonds. The average Bonchev–Trinajstić information content (AvgIpc) is 2.28. The highest BCUT2D eigenvalue weighted by atomic mass is 79.9. The Bertz CT molecular complexity index is 393. The van der Waals surface area contributed by atoms with Crippen LogP contribution >= 0.6 is 27.5 Å². The summed E-state index contributed by atoms with van der Waals surface area (Å²) in [6, 6.07) is 3.29. The van der Waals surface area contributed by atoms with Crippen LogP contribution in [0.25, 0.3) is 0 Å². The van der Waals surface area contributed by atoms with Crippen LogP contribution in [0, 0.1) is 0 Å². The normalized spacial score (nSPS) is 10.0. The zero-order valence-corrected chi connectivity index (χ0v) is 11.4. The predicted molar refractivity (Wildman–Crippen MR) is 66.6 cm³/mol. The van der Waals surface area contributed by atoms with Crippen molar-refractivity contribution in [1.82, 2.24) is 0 Å². The summed E-state index contributed by atoms with van der Waals surface area (Å²) in [7, 11) is 1.56. The fourth-order valence-electron chi connectivity index (χ4n) is 1.26. The van der Waals surface area contributed by atoms with E-state index in [2.05, 4.69) is 15.9 Å². The molecule has 3 nitrogen and oxygen atoms in total. The highest BCUT2D eigenvalue weighted by molar-refractivity contribution is 9.08. The Morgan fingerprint density at radius 1 is 1.50 bits per heavy atom. The minimum absolute atomic E-state index is 0.324. The van der Waals surface area contributed by atoms with Crippen LogP contribution in [-0.2, 0) is 10.1 Å². The molecule has 0 atom stereocenters. The van der Waals surface area contributed by atoms with Gasteiger partial charge in [-0.05, 0) is 19.1 Å². The number of hydrogen-bond acceptors (Lipinski definition) is 3. The van der Waals surface area contributed by atoms with Crippen LogP contribution in [0.5, 0.6) is 5.75 Å². The van der Waals surface area contributed by atoms with Crippen LogP contribution in [0.3, 0.4) is 0 Å². The van der Waals surface area contributed by atoms with Crippen LogP contribution in [0.2, 0.25) is 5.02 Å². The van der Waals surface area contributed by atoms with Crippen molar-refractivity contribution in [3.8, 4) is 5.75 Å². The lowest BCUT2D eigenvalue weighted by Crippen LogP contribution is -2.06. The molecule has 1 rings (SSSR count). The van der Waals surface area contributed by atoms with Gasteiger partial charge in [0.1, 0.15) is 5.75 Å². The molecule has 0 aliphatic rings. The van der Waals surface area contributed by atoms with Gasteiger partial charge in [0.2, 0.25) is 0 Å². The van der Waals surface area contributed by atoms with Crippen LogP contribution in [-0.4, -0.2) is 19.7 Å². The minimum atomic E-state index is -0.419. The Hall–Kier alpha value is -0.740.